The monoisotopic (exact) mass is 536 g/mol. The molecule has 3 aromatic rings. The lowest BCUT2D eigenvalue weighted by molar-refractivity contribution is -0.136. The van der Waals surface area contributed by atoms with Gasteiger partial charge in [0, 0.05) is 29.1 Å². The summed E-state index contributed by atoms with van der Waals surface area (Å²) in [5.41, 5.74) is 1.58. The molecule has 0 saturated carbocycles. The average molecular weight is 537 g/mol. The van der Waals surface area contributed by atoms with Gasteiger partial charge in [0.15, 0.2) is 11.5 Å². The molecule has 2 aliphatic heterocycles. The Bertz CT molecular complexity index is 1310. The third-order valence-corrected chi connectivity index (χ3v) is 8.17. The number of thiophene rings is 1. The molecule has 3 heterocycles. The molecular formula is C29H32N2O6S. The van der Waals surface area contributed by atoms with Gasteiger partial charge >= 0.3 is 0 Å². The minimum Gasteiger partial charge on any atom is -0.497 e. The minimum atomic E-state index is -0.247. The third kappa shape index (κ3) is 5.29. The minimum absolute atomic E-state index is 0.0165. The van der Waals surface area contributed by atoms with Crippen molar-refractivity contribution in [2.45, 2.75) is 38.8 Å². The average Bonchev–Trinajstić information content (AvgIpc) is 3.63. The van der Waals surface area contributed by atoms with E-state index in [1.54, 1.807) is 41.5 Å². The molecule has 0 unspecified atom stereocenters. The van der Waals surface area contributed by atoms with Gasteiger partial charge in [0.1, 0.15) is 24.7 Å². The molecule has 0 radical (unpaired) electrons. The number of hydrogen-bond donors (Lipinski definition) is 0. The number of carbonyl (C=O) groups excluding carboxylic acids is 2. The molecule has 0 saturated heterocycles. The van der Waals surface area contributed by atoms with E-state index in [9.17, 15) is 9.59 Å². The zero-order chi connectivity index (χ0) is 26.6. The standard InChI is InChI=1S/C29H32N2O6S/c1-4-19(2)31(29(33)20-8-9-25-26(14-20)37-18-36-25)16-28(32)30-12-10-27-23(11-13-38-27)24(30)17-35-22-7-5-6-21(15-22)34-3/h5-9,11,13-15,19,24H,4,10,12,16-18H2,1-3H3/t19-,24+/m1/s1. The predicted molar refractivity (Wildman–Crippen MR) is 144 cm³/mol. The van der Waals surface area contributed by atoms with Crippen LogP contribution in [0.2, 0.25) is 0 Å². The third-order valence-electron chi connectivity index (χ3n) is 7.17. The largest absolute Gasteiger partial charge is 0.497 e. The first-order valence-electron chi connectivity index (χ1n) is 12.8. The van der Waals surface area contributed by atoms with Gasteiger partial charge in [-0.15, -0.1) is 11.3 Å². The van der Waals surface area contributed by atoms with Crippen LogP contribution < -0.4 is 18.9 Å². The summed E-state index contributed by atoms with van der Waals surface area (Å²) in [5, 5.41) is 2.06. The second kappa shape index (κ2) is 11.3. The fourth-order valence-electron chi connectivity index (χ4n) is 4.82. The zero-order valence-corrected chi connectivity index (χ0v) is 22.7. The van der Waals surface area contributed by atoms with Crippen LogP contribution in [-0.2, 0) is 11.2 Å². The molecule has 2 aliphatic rings. The molecule has 0 fully saturated rings. The van der Waals surface area contributed by atoms with E-state index in [-0.39, 0.29) is 37.2 Å². The van der Waals surface area contributed by atoms with Crippen molar-refractivity contribution in [3.8, 4) is 23.0 Å². The van der Waals surface area contributed by atoms with E-state index >= 15 is 0 Å². The summed E-state index contributed by atoms with van der Waals surface area (Å²) < 4.78 is 22.3. The molecule has 2 aromatic carbocycles. The lowest BCUT2D eigenvalue weighted by Gasteiger charge is -2.38. The lowest BCUT2D eigenvalue weighted by atomic mass is 10.00. The highest BCUT2D eigenvalue weighted by Gasteiger charge is 2.34. The first-order valence-corrected chi connectivity index (χ1v) is 13.7. The van der Waals surface area contributed by atoms with Crippen LogP contribution in [0.4, 0.5) is 0 Å². The van der Waals surface area contributed by atoms with Crippen molar-refractivity contribution in [1.82, 2.24) is 9.80 Å². The smallest absolute Gasteiger partial charge is 0.254 e. The number of amides is 2. The zero-order valence-electron chi connectivity index (χ0n) is 21.8. The van der Waals surface area contributed by atoms with E-state index in [1.807, 2.05) is 43.0 Å². The maximum atomic E-state index is 13.8. The van der Waals surface area contributed by atoms with Crippen molar-refractivity contribution in [3.63, 3.8) is 0 Å². The molecule has 200 valence electrons. The summed E-state index contributed by atoms with van der Waals surface area (Å²) in [7, 11) is 1.62. The maximum Gasteiger partial charge on any atom is 0.254 e. The summed E-state index contributed by atoms with van der Waals surface area (Å²) in [6, 6.07) is 14.3. The van der Waals surface area contributed by atoms with E-state index in [0.717, 1.165) is 18.4 Å². The van der Waals surface area contributed by atoms with Crippen LogP contribution in [0.25, 0.3) is 0 Å². The van der Waals surface area contributed by atoms with Gasteiger partial charge in [-0.05, 0) is 67.1 Å². The Balaban J connectivity index is 1.35. The summed E-state index contributed by atoms with van der Waals surface area (Å²) in [5.74, 6) is 2.24. The highest BCUT2D eigenvalue weighted by molar-refractivity contribution is 7.10. The SMILES string of the molecule is CC[C@@H](C)N(CC(=O)N1CCc2sccc2[C@@H]1COc1cccc(OC)c1)C(=O)c1ccc2c(c1)OCO2. The van der Waals surface area contributed by atoms with Crippen molar-refractivity contribution in [2.75, 3.05) is 33.6 Å². The highest BCUT2D eigenvalue weighted by Crippen LogP contribution is 2.35. The quantitative estimate of drug-likeness (QED) is 0.386. The van der Waals surface area contributed by atoms with Crippen LogP contribution in [0, 0.1) is 0 Å². The molecule has 38 heavy (non-hydrogen) atoms. The Morgan fingerprint density at radius 1 is 1.13 bits per heavy atom. The molecule has 2 amide bonds. The molecule has 0 bridgehead atoms. The molecule has 0 aliphatic carbocycles. The van der Waals surface area contributed by atoms with E-state index in [0.29, 0.717) is 41.7 Å². The molecule has 5 rings (SSSR count). The first-order chi connectivity index (χ1) is 18.5. The van der Waals surface area contributed by atoms with Gasteiger partial charge in [-0.2, -0.15) is 0 Å². The summed E-state index contributed by atoms with van der Waals surface area (Å²) in [6.45, 7) is 4.98. The van der Waals surface area contributed by atoms with E-state index in [4.69, 9.17) is 18.9 Å². The fourth-order valence-corrected chi connectivity index (χ4v) is 5.75. The maximum absolute atomic E-state index is 13.8. The summed E-state index contributed by atoms with van der Waals surface area (Å²) in [6.07, 6.45) is 1.51. The normalized spacial score (nSPS) is 16.5. The molecular weight excluding hydrogens is 504 g/mol. The fraction of sp³-hybridized carbons (Fsp3) is 0.379. The Morgan fingerprint density at radius 2 is 1.95 bits per heavy atom. The van der Waals surface area contributed by atoms with Gasteiger partial charge in [-0.3, -0.25) is 9.59 Å². The topological polar surface area (TPSA) is 77.5 Å². The van der Waals surface area contributed by atoms with E-state index in [2.05, 4.69) is 11.4 Å². The number of ether oxygens (including phenoxy) is 4. The molecule has 2 atom stereocenters. The van der Waals surface area contributed by atoms with Gasteiger partial charge in [-0.25, -0.2) is 0 Å². The summed E-state index contributed by atoms with van der Waals surface area (Å²) >= 11 is 1.70. The van der Waals surface area contributed by atoms with Crippen molar-refractivity contribution in [1.29, 1.82) is 0 Å². The van der Waals surface area contributed by atoms with Crippen LogP contribution in [0.15, 0.2) is 53.9 Å². The van der Waals surface area contributed by atoms with Crippen LogP contribution >= 0.6 is 11.3 Å². The van der Waals surface area contributed by atoms with E-state index in [1.165, 1.54) is 4.88 Å². The number of nitrogens with zero attached hydrogens (tertiary/aromatic N) is 2. The Morgan fingerprint density at radius 3 is 2.76 bits per heavy atom. The Labute approximate surface area is 226 Å². The van der Waals surface area contributed by atoms with Crippen LogP contribution in [0.5, 0.6) is 23.0 Å². The number of benzene rings is 2. The van der Waals surface area contributed by atoms with Crippen LogP contribution in [-0.4, -0.2) is 61.3 Å². The molecule has 0 spiro atoms. The molecule has 8 nitrogen and oxygen atoms in total. The lowest BCUT2D eigenvalue weighted by Crippen LogP contribution is -2.49. The molecule has 1 aromatic heterocycles. The van der Waals surface area contributed by atoms with E-state index < -0.39 is 0 Å². The second-order valence-corrected chi connectivity index (χ2v) is 10.4. The Hall–Kier alpha value is -3.72. The summed E-state index contributed by atoms with van der Waals surface area (Å²) in [4.78, 5) is 32.2. The Kier molecular flexibility index (Phi) is 7.74. The van der Waals surface area contributed by atoms with Gasteiger partial charge in [0.25, 0.3) is 5.91 Å². The number of rotatable bonds is 9. The van der Waals surface area contributed by atoms with Crippen molar-refractivity contribution >= 4 is 23.2 Å². The molecule has 9 heteroatoms. The number of hydrogen-bond acceptors (Lipinski definition) is 7. The van der Waals surface area contributed by atoms with Crippen LogP contribution in [0.3, 0.4) is 0 Å². The van der Waals surface area contributed by atoms with Crippen molar-refractivity contribution in [3.05, 3.63) is 69.9 Å². The second-order valence-electron chi connectivity index (χ2n) is 9.40. The van der Waals surface area contributed by atoms with Gasteiger partial charge < -0.3 is 28.7 Å². The van der Waals surface area contributed by atoms with Crippen LogP contribution in [0.1, 0.15) is 47.1 Å². The van der Waals surface area contributed by atoms with Gasteiger partial charge in [-0.1, -0.05) is 13.0 Å². The predicted octanol–water partition coefficient (Wildman–Crippen LogP) is 4.93. The molecule has 0 N–H and O–H groups in total. The first kappa shape index (κ1) is 25.9. The van der Waals surface area contributed by atoms with Gasteiger partial charge in [0.2, 0.25) is 12.7 Å². The van der Waals surface area contributed by atoms with Crippen molar-refractivity contribution in [2.24, 2.45) is 0 Å². The van der Waals surface area contributed by atoms with Crippen molar-refractivity contribution < 1.29 is 28.5 Å². The number of methoxy groups -OCH3 is 1. The number of fused-ring (bicyclic) bond motifs is 2. The highest BCUT2D eigenvalue weighted by atomic mass is 32.1. The van der Waals surface area contributed by atoms with Gasteiger partial charge in [0.05, 0.1) is 13.2 Å². The number of carbonyl (C=O) groups is 2.